The van der Waals surface area contributed by atoms with Crippen LogP contribution in [0, 0.1) is 5.92 Å². The molecule has 2 heterocycles. The van der Waals surface area contributed by atoms with E-state index in [1.165, 1.54) is 4.31 Å². The van der Waals surface area contributed by atoms with Crippen molar-refractivity contribution in [1.29, 1.82) is 0 Å². The van der Waals surface area contributed by atoms with Crippen molar-refractivity contribution in [2.45, 2.75) is 25.8 Å². The number of piperidine rings is 1. The third kappa shape index (κ3) is 4.24. The molecule has 0 radical (unpaired) electrons. The Bertz CT molecular complexity index is 1120. The molecule has 2 N–H and O–H groups in total. The number of H-pyrrole nitrogens is 1. The van der Waals surface area contributed by atoms with Crippen LogP contribution >= 0.6 is 0 Å². The maximum atomic E-state index is 13.1. The molecule has 0 bridgehead atoms. The average molecular weight is 427 g/mol. The maximum absolute atomic E-state index is 13.1. The predicted octanol–water partition coefficient (Wildman–Crippen LogP) is 2.83. The zero-order valence-corrected chi connectivity index (χ0v) is 17.7. The Kier molecular flexibility index (Phi) is 5.87. The number of hydrogen-bond acceptors (Lipinski definition) is 4. The second kappa shape index (κ2) is 8.57. The second-order valence-corrected chi connectivity index (χ2v) is 9.86. The van der Waals surface area contributed by atoms with Crippen LogP contribution in [0.25, 0.3) is 11.0 Å². The summed E-state index contributed by atoms with van der Waals surface area (Å²) in [7, 11) is -3.20. The fraction of sp³-hybridized carbons (Fsp3) is 0.364. The van der Waals surface area contributed by atoms with Crippen LogP contribution in [0.15, 0.2) is 54.9 Å². The van der Waals surface area contributed by atoms with Gasteiger partial charge in [0.05, 0.1) is 29.2 Å². The Morgan fingerprint density at radius 1 is 1.17 bits per heavy atom. The molecule has 1 aromatic heterocycles. The van der Waals surface area contributed by atoms with E-state index in [-0.39, 0.29) is 23.6 Å². The number of fused-ring (bicyclic) bond motifs is 1. The highest BCUT2D eigenvalue weighted by Crippen LogP contribution is 2.27. The topological polar surface area (TPSA) is 95.2 Å². The van der Waals surface area contributed by atoms with Gasteiger partial charge in [-0.3, -0.25) is 4.79 Å². The van der Waals surface area contributed by atoms with Crippen molar-refractivity contribution in [2.75, 3.05) is 18.8 Å². The zero-order valence-electron chi connectivity index (χ0n) is 16.9. The number of sulfonamides is 1. The van der Waals surface area contributed by atoms with Crippen LogP contribution in [0.5, 0.6) is 0 Å². The standard InChI is InChI=1S/C22H26N4O3S/c1-2-30(28,29)26-12-10-17(11-13-26)22(27)25-21(16-6-4-3-5-7-16)18-8-9-19-20(14-18)24-15-23-19/h3-9,14-15,17,21H,2,10-13H2,1H3,(H,23,24)(H,25,27). The minimum atomic E-state index is -3.20. The summed E-state index contributed by atoms with van der Waals surface area (Å²) in [4.78, 5) is 20.5. The van der Waals surface area contributed by atoms with Crippen LogP contribution in [0.2, 0.25) is 0 Å². The van der Waals surface area contributed by atoms with Gasteiger partial charge in [0.1, 0.15) is 0 Å². The lowest BCUT2D eigenvalue weighted by Crippen LogP contribution is -2.44. The third-order valence-electron chi connectivity index (χ3n) is 5.78. The Hall–Kier alpha value is -2.71. The number of aromatic amines is 1. The number of benzene rings is 2. The summed E-state index contributed by atoms with van der Waals surface area (Å²) < 4.78 is 25.7. The van der Waals surface area contributed by atoms with Crippen LogP contribution in [0.4, 0.5) is 0 Å². The van der Waals surface area contributed by atoms with Crippen LogP contribution in [-0.2, 0) is 14.8 Å². The molecule has 0 saturated carbocycles. The van der Waals surface area contributed by atoms with Crippen LogP contribution < -0.4 is 5.32 Å². The molecule has 0 spiro atoms. The molecule has 2 aromatic carbocycles. The van der Waals surface area contributed by atoms with Crippen LogP contribution in [-0.4, -0.2) is 47.4 Å². The number of carbonyl (C=O) groups is 1. The van der Waals surface area contributed by atoms with Gasteiger partial charge in [-0.25, -0.2) is 17.7 Å². The average Bonchev–Trinajstić information content (AvgIpc) is 3.26. The molecule has 158 valence electrons. The highest BCUT2D eigenvalue weighted by molar-refractivity contribution is 7.89. The van der Waals surface area contributed by atoms with Crippen molar-refractivity contribution in [2.24, 2.45) is 5.92 Å². The van der Waals surface area contributed by atoms with Gasteiger partial charge in [-0.15, -0.1) is 0 Å². The van der Waals surface area contributed by atoms with E-state index in [9.17, 15) is 13.2 Å². The molecule has 1 aliphatic rings. The molecule has 7 nitrogen and oxygen atoms in total. The predicted molar refractivity (Wildman–Crippen MR) is 116 cm³/mol. The van der Waals surface area contributed by atoms with E-state index in [0.717, 1.165) is 22.2 Å². The Morgan fingerprint density at radius 3 is 2.60 bits per heavy atom. The van der Waals surface area contributed by atoms with E-state index in [2.05, 4.69) is 15.3 Å². The van der Waals surface area contributed by atoms with Crippen molar-refractivity contribution >= 4 is 27.0 Å². The molecule has 3 aromatic rings. The maximum Gasteiger partial charge on any atom is 0.223 e. The van der Waals surface area contributed by atoms with Gasteiger partial charge < -0.3 is 10.3 Å². The fourth-order valence-electron chi connectivity index (χ4n) is 3.98. The van der Waals surface area contributed by atoms with Gasteiger partial charge in [0.2, 0.25) is 15.9 Å². The number of nitrogens with one attached hydrogen (secondary N) is 2. The SMILES string of the molecule is CCS(=O)(=O)N1CCC(C(=O)NC(c2ccccc2)c2ccc3nc[nH]c3c2)CC1. The molecule has 0 aliphatic carbocycles. The molecule has 30 heavy (non-hydrogen) atoms. The molecular formula is C22H26N4O3S. The number of nitrogens with zero attached hydrogens (tertiary/aromatic N) is 2. The molecule has 1 aliphatic heterocycles. The summed E-state index contributed by atoms with van der Waals surface area (Å²) in [5.74, 6) is -0.145. The molecule has 1 unspecified atom stereocenters. The van der Waals surface area contributed by atoms with Gasteiger partial charge >= 0.3 is 0 Å². The number of carbonyl (C=O) groups excluding carboxylic acids is 1. The Balaban J connectivity index is 1.53. The van der Waals surface area contributed by atoms with E-state index >= 15 is 0 Å². The van der Waals surface area contributed by atoms with E-state index in [0.29, 0.717) is 25.9 Å². The lowest BCUT2D eigenvalue weighted by atomic mass is 9.94. The summed E-state index contributed by atoms with van der Waals surface area (Å²) >= 11 is 0. The van der Waals surface area contributed by atoms with Gasteiger partial charge in [-0.2, -0.15) is 0 Å². The van der Waals surface area contributed by atoms with Gasteiger partial charge in [0, 0.05) is 19.0 Å². The number of rotatable bonds is 6. The van der Waals surface area contributed by atoms with Gasteiger partial charge in [0.15, 0.2) is 0 Å². The lowest BCUT2D eigenvalue weighted by molar-refractivity contribution is -0.126. The lowest BCUT2D eigenvalue weighted by Gasteiger charge is -2.31. The number of imidazole rings is 1. The number of amides is 1. The van der Waals surface area contributed by atoms with Crippen LogP contribution in [0.3, 0.4) is 0 Å². The Labute approximate surface area is 176 Å². The zero-order chi connectivity index (χ0) is 21.1. The van der Waals surface area contributed by atoms with Crippen molar-refractivity contribution in [3.8, 4) is 0 Å². The second-order valence-electron chi connectivity index (χ2n) is 7.61. The quantitative estimate of drug-likeness (QED) is 0.634. The van der Waals surface area contributed by atoms with E-state index in [4.69, 9.17) is 0 Å². The number of hydrogen-bond donors (Lipinski definition) is 2. The molecule has 4 rings (SSSR count). The molecule has 1 fully saturated rings. The summed E-state index contributed by atoms with van der Waals surface area (Å²) in [6, 6.07) is 15.5. The highest BCUT2D eigenvalue weighted by atomic mass is 32.2. The van der Waals surface area contributed by atoms with E-state index in [1.54, 1.807) is 13.3 Å². The third-order valence-corrected chi connectivity index (χ3v) is 7.66. The van der Waals surface area contributed by atoms with Gasteiger partial charge in [0.25, 0.3) is 0 Å². The highest BCUT2D eigenvalue weighted by Gasteiger charge is 2.31. The molecule has 1 atom stereocenters. The monoisotopic (exact) mass is 426 g/mol. The Morgan fingerprint density at radius 2 is 1.90 bits per heavy atom. The molecular weight excluding hydrogens is 400 g/mol. The van der Waals surface area contributed by atoms with Gasteiger partial charge in [-0.05, 0) is 43.0 Å². The molecule has 1 saturated heterocycles. The largest absolute Gasteiger partial charge is 0.345 e. The summed E-state index contributed by atoms with van der Waals surface area (Å²) in [5.41, 5.74) is 3.76. The van der Waals surface area contributed by atoms with Crippen molar-refractivity contribution in [3.63, 3.8) is 0 Å². The minimum absolute atomic E-state index is 0.0397. The van der Waals surface area contributed by atoms with Gasteiger partial charge in [-0.1, -0.05) is 36.4 Å². The molecule has 8 heteroatoms. The summed E-state index contributed by atoms with van der Waals surface area (Å²) in [6.45, 7) is 2.43. The van der Waals surface area contributed by atoms with E-state index in [1.807, 2.05) is 48.5 Å². The van der Waals surface area contributed by atoms with Crippen molar-refractivity contribution in [1.82, 2.24) is 19.6 Å². The number of aromatic nitrogens is 2. The smallest absolute Gasteiger partial charge is 0.223 e. The van der Waals surface area contributed by atoms with Crippen molar-refractivity contribution in [3.05, 3.63) is 66.0 Å². The van der Waals surface area contributed by atoms with Crippen LogP contribution in [0.1, 0.15) is 36.9 Å². The fourth-order valence-corrected chi connectivity index (χ4v) is 5.11. The first kappa shape index (κ1) is 20.6. The first-order valence-corrected chi connectivity index (χ1v) is 11.8. The first-order chi connectivity index (χ1) is 14.5. The minimum Gasteiger partial charge on any atom is -0.345 e. The summed E-state index contributed by atoms with van der Waals surface area (Å²) in [6.07, 6.45) is 2.72. The first-order valence-electron chi connectivity index (χ1n) is 10.2. The molecule has 1 amide bonds. The normalized spacial score (nSPS) is 17.1. The van der Waals surface area contributed by atoms with Crippen molar-refractivity contribution < 1.29 is 13.2 Å². The summed E-state index contributed by atoms with van der Waals surface area (Å²) in [5, 5.41) is 3.20. The van der Waals surface area contributed by atoms with E-state index < -0.39 is 10.0 Å².